The summed E-state index contributed by atoms with van der Waals surface area (Å²) in [6.45, 7) is 1.33. The highest BCUT2D eigenvalue weighted by atomic mass is 19.1. The van der Waals surface area contributed by atoms with Crippen molar-refractivity contribution in [1.82, 2.24) is 5.32 Å². The number of carbonyl (C=O) groups excluding carboxylic acids is 3. The average molecular weight is 319 g/mol. The number of rotatable bonds is 4. The Kier molecular flexibility index (Phi) is 4.27. The molecule has 2 saturated heterocycles. The molecule has 2 aliphatic rings. The molecule has 122 valence electrons. The van der Waals surface area contributed by atoms with Gasteiger partial charge in [0.05, 0.1) is 5.69 Å². The summed E-state index contributed by atoms with van der Waals surface area (Å²) in [6.07, 6.45) is 2.31. The molecule has 2 amide bonds. The number of imide groups is 1. The molecule has 2 aliphatic heterocycles. The molecule has 0 aromatic heterocycles. The second kappa shape index (κ2) is 6.36. The normalized spacial score (nSPS) is 24.5. The van der Waals surface area contributed by atoms with Gasteiger partial charge in [-0.25, -0.2) is 4.39 Å². The van der Waals surface area contributed by atoms with E-state index in [1.54, 1.807) is 12.1 Å². The molecule has 3 rings (SSSR count). The summed E-state index contributed by atoms with van der Waals surface area (Å²) in [7, 11) is 0. The number of aldehydes is 1. The van der Waals surface area contributed by atoms with Gasteiger partial charge in [0.15, 0.2) is 0 Å². The molecule has 2 fully saturated rings. The third kappa shape index (κ3) is 3.33. The van der Waals surface area contributed by atoms with Gasteiger partial charge in [-0.1, -0.05) is 0 Å². The van der Waals surface area contributed by atoms with E-state index in [0.717, 1.165) is 24.9 Å². The summed E-state index contributed by atoms with van der Waals surface area (Å²) in [6, 6.07) is 4.15. The second-order valence-corrected chi connectivity index (χ2v) is 5.94. The van der Waals surface area contributed by atoms with Crippen molar-refractivity contribution in [2.24, 2.45) is 5.92 Å². The molecule has 0 aliphatic carbocycles. The van der Waals surface area contributed by atoms with Crippen LogP contribution in [0.15, 0.2) is 18.2 Å². The van der Waals surface area contributed by atoms with Gasteiger partial charge in [0.1, 0.15) is 18.1 Å². The maximum Gasteiger partial charge on any atom is 0.249 e. The molecule has 2 heterocycles. The maximum absolute atomic E-state index is 14.3. The number of hydrogen-bond acceptors (Lipinski definition) is 5. The number of hydrogen-bond donors (Lipinski definition) is 2. The zero-order chi connectivity index (χ0) is 16.4. The van der Waals surface area contributed by atoms with Crippen LogP contribution in [0.4, 0.5) is 15.8 Å². The Hall–Kier alpha value is -2.44. The molecule has 2 atom stereocenters. The lowest BCUT2D eigenvalue weighted by Gasteiger charge is -2.24. The van der Waals surface area contributed by atoms with Crippen LogP contribution in [0.2, 0.25) is 0 Å². The van der Waals surface area contributed by atoms with Gasteiger partial charge in [-0.2, -0.15) is 0 Å². The van der Waals surface area contributed by atoms with Gasteiger partial charge in [0.25, 0.3) is 0 Å². The number of piperidine rings is 1. The fourth-order valence-corrected chi connectivity index (χ4v) is 2.97. The van der Waals surface area contributed by atoms with E-state index >= 15 is 0 Å². The van der Waals surface area contributed by atoms with Gasteiger partial charge in [0.2, 0.25) is 11.8 Å². The van der Waals surface area contributed by atoms with Crippen molar-refractivity contribution in [2.75, 3.05) is 23.3 Å². The standard InChI is InChI=1S/C16H18FN3O3/c17-12-7-11(20-6-5-10(8-20)9-21)1-2-13(12)18-14-3-4-15(22)19-16(14)23/h1-2,7,9-10,14,18H,3-6,8H2,(H,19,22,23). The molecule has 1 aromatic carbocycles. The smallest absolute Gasteiger partial charge is 0.249 e. The Morgan fingerprint density at radius 2 is 2.13 bits per heavy atom. The van der Waals surface area contributed by atoms with E-state index in [1.165, 1.54) is 6.07 Å². The summed E-state index contributed by atoms with van der Waals surface area (Å²) in [5.74, 6) is -1.19. The van der Waals surface area contributed by atoms with Crippen LogP contribution in [0.25, 0.3) is 0 Å². The molecule has 0 bridgehead atoms. The summed E-state index contributed by atoms with van der Waals surface area (Å²) >= 11 is 0. The first-order chi connectivity index (χ1) is 11.1. The lowest BCUT2D eigenvalue weighted by molar-refractivity contribution is -0.133. The minimum atomic E-state index is -0.612. The van der Waals surface area contributed by atoms with Crippen molar-refractivity contribution >= 4 is 29.5 Å². The Balaban J connectivity index is 1.69. The third-order valence-electron chi connectivity index (χ3n) is 4.30. The van der Waals surface area contributed by atoms with Crippen LogP contribution < -0.4 is 15.5 Å². The van der Waals surface area contributed by atoms with E-state index in [2.05, 4.69) is 10.6 Å². The summed E-state index contributed by atoms with van der Waals surface area (Å²) in [5, 5.41) is 5.08. The third-order valence-corrected chi connectivity index (χ3v) is 4.30. The van der Waals surface area contributed by atoms with E-state index in [4.69, 9.17) is 0 Å². The molecule has 2 N–H and O–H groups in total. The average Bonchev–Trinajstić information content (AvgIpc) is 3.00. The van der Waals surface area contributed by atoms with Gasteiger partial charge in [-0.15, -0.1) is 0 Å². The second-order valence-electron chi connectivity index (χ2n) is 5.94. The van der Waals surface area contributed by atoms with E-state index in [-0.39, 0.29) is 23.9 Å². The van der Waals surface area contributed by atoms with E-state index in [1.807, 2.05) is 4.90 Å². The van der Waals surface area contributed by atoms with E-state index in [0.29, 0.717) is 13.0 Å². The fourth-order valence-electron chi connectivity index (χ4n) is 2.97. The highest BCUT2D eigenvalue weighted by molar-refractivity contribution is 6.01. The molecule has 0 saturated carbocycles. The largest absolute Gasteiger partial charge is 0.371 e. The van der Waals surface area contributed by atoms with Crippen molar-refractivity contribution < 1.29 is 18.8 Å². The minimum absolute atomic E-state index is 0.000616. The van der Waals surface area contributed by atoms with Crippen LogP contribution in [0.5, 0.6) is 0 Å². The van der Waals surface area contributed by atoms with Crippen molar-refractivity contribution in [2.45, 2.75) is 25.3 Å². The molecular weight excluding hydrogens is 301 g/mol. The number of halogens is 1. The molecule has 1 aromatic rings. The van der Waals surface area contributed by atoms with Crippen LogP contribution in [-0.2, 0) is 14.4 Å². The molecule has 2 unspecified atom stereocenters. The van der Waals surface area contributed by atoms with Crippen molar-refractivity contribution in [3.8, 4) is 0 Å². The lowest BCUT2D eigenvalue weighted by Crippen LogP contribution is -2.47. The van der Waals surface area contributed by atoms with Crippen molar-refractivity contribution in [3.63, 3.8) is 0 Å². The van der Waals surface area contributed by atoms with Crippen LogP contribution in [0.1, 0.15) is 19.3 Å². The quantitative estimate of drug-likeness (QED) is 0.641. The number of carbonyl (C=O) groups is 3. The monoisotopic (exact) mass is 319 g/mol. The number of anilines is 2. The SMILES string of the molecule is O=CC1CCN(c2ccc(NC3CCC(=O)NC3=O)c(F)c2)C1. The fraction of sp³-hybridized carbons (Fsp3) is 0.438. The van der Waals surface area contributed by atoms with Gasteiger partial charge in [-0.3, -0.25) is 14.9 Å². The van der Waals surface area contributed by atoms with Crippen LogP contribution in [-0.4, -0.2) is 37.2 Å². The molecule has 7 heteroatoms. The summed E-state index contributed by atoms with van der Waals surface area (Å²) in [5.41, 5.74) is 0.954. The number of benzene rings is 1. The van der Waals surface area contributed by atoms with Crippen molar-refractivity contribution in [1.29, 1.82) is 0 Å². The number of amides is 2. The highest BCUT2D eigenvalue weighted by Crippen LogP contribution is 2.27. The van der Waals surface area contributed by atoms with Crippen LogP contribution >= 0.6 is 0 Å². The van der Waals surface area contributed by atoms with Gasteiger partial charge in [-0.05, 0) is 31.0 Å². The Bertz CT molecular complexity index is 649. The predicted molar refractivity (Wildman–Crippen MR) is 82.6 cm³/mol. The zero-order valence-electron chi connectivity index (χ0n) is 12.5. The molecule has 0 spiro atoms. The number of nitrogens with one attached hydrogen (secondary N) is 2. The van der Waals surface area contributed by atoms with Gasteiger partial charge in [0, 0.05) is 31.1 Å². The topological polar surface area (TPSA) is 78.5 Å². The van der Waals surface area contributed by atoms with Gasteiger partial charge >= 0.3 is 0 Å². The Morgan fingerprint density at radius 1 is 1.30 bits per heavy atom. The molecule has 6 nitrogen and oxygen atoms in total. The highest BCUT2D eigenvalue weighted by Gasteiger charge is 2.27. The Morgan fingerprint density at radius 3 is 2.78 bits per heavy atom. The van der Waals surface area contributed by atoms with E-state index < -0.39 is 17.8 Å². The van der Waals surface area contributed by atoms with Gasteiger partial charge < -0.3 is 15.0 Å². The zero-order valence-corrected chi connectivity index (χ0v) is 12.5. The summed E-state index contributed by atoms with van der Waals surface area (Å²) in [4.78, 5) is 35.6. The summed E-state index contributed by atoms with van der Waals surface area (Å²) < 4.78 is 14.3. The van der Waals surface area contributed by atoms with E-state index in [9.17, 15) is 18.8 Å². The van der Waals surface area contributed by atoms with Crippen LogP contribution in [0.3, 0.4) is 0 Å². The first-order valence-corrected chi connectivity index (χ1v) is 7.67. The minimum Gasteiger partial charge on any atom is -0.371 e. The molecule has 0 radical (unpaired) electrons. The maximum atomic E-state index is 14.3. The number of nitrogens with zero attached hydrogens (tertiary/aromatic N) is 1. The molecule has 23 heavy (non-hydrogen) atoms. The first kappa shape index (κ1) is 15.5. The molecular formula is C16H18FN3O3. The predicted octanol–water partition coefficient (Wildman–Crippen LogP) is 1.07. The van der Waals surface area contributed by atoms with Crippen molar-refractivity contribution in [3.05, 3.63) is 24.0 Å². The Labute approximate surface area is 133 Å². The first-order valence-electron chi connectivity index (χ1n) is 7.67. The van der Waals surface area contributed by atoms with Crippen LogP contribution in [0, 0.1) is 11.7 Å². The lowest BCUT2D eigenvalue weighted by atomic mass is 10.1.